The number of nitrogens with two attached hydrogens (primary N) is 1. The molecule has 0 aliphatic heterocycles. The molecular weight excluding hydrogens is 238 g/mol. The van der Waals surface area contributed by atoms with Crippen molar-refractivity contribution in [3.05, 3.63) is 22.2 Å². The van der Waals surface area contributed by atoms with Crippen molar-refractivity contribution in [3.8, 4) is 11.5 Å². The molecule has 1 aliphatic carbocycles. The van der Waals surface area contributed by atoms with Crippen molar-refractivity contribution in [1.82, 2.24) is 0 Å². The molecule has 0 fully saturated rings. The fourth-order valence-electron chi connectivity index (χ4n) is 2.59. The van der Waals surface area contributed by atoms with Crippen LogP contribution in [0.3, 0.4) is 0 Å². The van der Waals surface area contributed by atoms with Gasteiger partial charge in [-0.05, 0) is 24.3 Å². The first kappa shape index (κ1) is 12.5. The van der Waals surface area contributed by atoms with Gasteiger partial charge in [-0.3, -0.25) is 0 Å². The minimum Gasteiger partial charge on any atom is -0.493 e. The number of halogens is 1. The highest BCUT2D eigenvalue weighted by Crippen LogP contribution is 2.48. The fraction of sp³-hybridized carbons (Fsp3) is 0.538. The van der Waals surface area contributed by atoms with Crippen LogP contribution in [0.15, 0.2) is 6.07 Å². The summed E-state index contributed by atoms with van der Waals surface area (Å²) < 4.78 is 10.7. The molecule has 0 saturated heterocycles. The van der Waals surface area contributed by atoms with E-state index in [4.69, 9.17) is 26.8 Å². The average Bonchev–Trinajstić information content (AvgIpc) is 2.32. The molecule has 2 atom stereocenters. The van der Waals surface area contributed by atoms with Gasteiger partial charge in [-0.15, -0.1) is 0 Å². The van der Waals surface area contributed by atoms with E-state index in [0.717, 1.165) is 34.7 Å². The van der Waals surface area contributed by atoms with E-state index in [1.54, 1.807) is 14.2 Å². The van der Waals surface area contributed by atoms with Crippen molar-refractivity contribution >= 4 is 11.6 Å². The zero-order valence-electron chi connectivity index (χ0n) is 10.4. The first-order chi connectivity index (χ1) is 8.10. The van der Waals surface area contributed by atoms with Crippen LogP contribution in [0.25, 0.3) is 0 Å². The summed E-state index contributed by atoms with van der Waals surface area (Å²) in [6.45, 7) is 2.17. The van der Waals surface area contributed by atoms with Crippen molar-refractivity contribution in [2.75, 3.05) is 14.2 Å². The van der Waals surface area contributed by atoms with Crippen LogP contribution in [0.1, 0.15) is 42.9 Å². The Kier molecular flexibility index (Phi) is 3.50. The SMILES string of the molecule is COc1cc(Cl)c2c(c1OC)[C@H](N)CCC2C. The predicted octanol–water partition coefficient (Wildman–Crippen LogP) is 3.25. The second-order valence-electron chi connectivity index (χ2n) is 4.51. The number of rotatable bonds is 2. The largest absolute Gasteiger partial charge is 0.493 e. The zero-order chi connectivity index (χ0) is 12.6. The van der Waals surface area contributed by atoms with Crippen molar-refractivity contribution in [2.45, 2.75) is 31.7 Å². The summed E-state index contributed by atoms with van der Waals surface area (Å²) in [6.07, 6.45) is 2.01. The smallest absolute Gasteiger partial charge is 0.165 e. The van der Waals surface area contributed by atoms with Gasteiger partial charge in [0.25, 0.3) is 0 Å². The molecule has 94 valence electrons. The summed E-state index contributed by atoms with van der Waals surface area (Å²) in [5, 5.41) is 0.723. The Labute approximate surface area is 107 Å². The van der Waals surface area contributed by atoms with Crippen molar-refractivity contribution < 1.29 is 9.47 Å². The first-order valence-electron chi connectivity index (χ1n) is 5.80. The van der Waals surface area contributed by atoms with Gasteiger partial charge in [-0.25, -0.2) is 0 Å². The Bertz CT molecular complexity index is 434. The summed E-state index contributed by atoms with van der Waals surface area (Å²) in [5.74, 6) is 1.80. The average molecular weight is 256 g/mol. The summed E-state index contributed by atoms with van der Waals surface area (Å²) in [7, 11) is 3.25. The van der Waals surface area contributed by atoms with E-state index in [1.807, 2.05) is 6.07 Å². The van der Waals surface area contributed by atoms with Gasteiger partial charge in [-0.2, -0.15) is 0 Å². The standard InChI is InChI=1S/C13H18ClNO2/c1-7-4-5-9(15)12-11(7)8(14)6-10(16-2)13(12)17-3/h6-7,9H,4-5,15H2,1-3H3/t7?,9-/m1/s1. The molecule has 17 heavy (non-hydrogen) atoms. The Morgan fingerprint density at radius 1 is 1.24 bits per heavy atom. The number of ether oxygens (including phenoxy) is 2. The number of hydrogen-bond acceptors (Lipinski definition) is 3. The van der Waals surface area contributed by atoms with Gasteiger partial charge in [0.1, 0.15) is 0 Å². The lowest BCUT2D eigenvalue weighted by atomic mass is 9.80. The normalized spacial score (nSPS) is 23.1. The lowest BCUT2D eigenvalue weighted by Crippen LogP contribution is -2.21. The van der Waals surface area contributed by atoms with Gasteiger partial charge in [0.15, 0.2) is 11.5 Å². The third-order valence-corrected chi connectivity index (χ3v) is 3.78. The molecule has 0 amide bonds. The Morgan fingerprint density at radius 3 is 2.53 bits per heavy atom. The van der Waals surface area contributed by atoms with E-state index in [2.05, 4.69) is 6.92 Å². The Morgan fingerprint density at radius 2 is 1.94 bits per heavy atom. The van der Waals surface area contributed by atoms with Gasteiger partial charge in [0.2, 0.25) is 0 Å². The van der Waals surface area contributed by atoms with E-state index >= 15 is 0 Å². The van der Waals surface area contributed by atoms with Gasteiger partial charge in [-0.1, -0.05) is 18.5 Å². The number of benzene rings is 1. The molecule has 0 spiro atoms. The molecular formula is C13H18ClNO2. The molecule has 0 heterocycles. The maximum atomic E-state index is 6.32. The van der Waals surface area contributed by atoms with Crippen molar-refractivity contribution in [2.24, 2.45) is 5.73 Å². The molecule has 0 aromatic heterocycles. The highest BCUT2D eigenvalue weighted by Gasteiger charge is 2.30. The van der Waals surface area contributed by atoms with Crippen LogP contribution < -0.4 is 15.2 Å². The van der Waals surface area contributed by atoms with Gasteiger partial charge >= 0.3 is 0 Å². The predicted molar refractivity (Wildman–Crippen MR) is 69.1 cm³/mol. The molecule has 4 heteroatoms. The maximum absolute atomic E-state index is 6.32. The molecule has 3 nitrogen and oxygen atoms in total. The molecule has 2 rings (SSSR count). The lowest BCUT2D eigenvalue weighted by Gasteiger charge is -2.30. The molecule has 1 unspecified atom stereocenters. The Hall–Kier alpha value is -0.930. The number of methoxy groups -OCH3 is 2. The van der Waals surface area contributed by atoms with Crippen LogP contribution in [0, 0.1) is 0 Å². The second-order valence-corrected chi connectivity index (χ2v) is 4.91. The summed E-state index contributed by atoms with van der Waals surface area (Å²) >= 11 is 6.32. The fourth-order valence-corrected chi connectivity index (χ4v) is 2.98. The summed E-state index contributed by atoms with van der Waals surface area (Å²) in [5.41, 5.74) is 8.31. The van der Waals surface area contributed by atoms with Crippen LogP contribution in [0.5, 0.6) is 11.5 Å². The Balaban J connectivity index is 2.70. The molecule has 0 radical (unpaired) electrons. The highest BCUT2D eigenvalue weighted by molar-refractivity contribution is 6.31. The van der Waals surface area contributed by atoms with Crippen LogP contribution >= 0.6 is 11.6 Å². The first-order valence-corrected chi connectivity index (χ1v) is 6.17. The topological polar surface area (TPSA) is 44.5 Å². The molecule has 1 aromatic rings. The summed E-state index contributed by atoms with van der Waals surface area (Å²) in [6, 6.07) is 1.79. The van der Waals surface area contributed by atoms with E-state index in [1.165, 1.54) is 0 Å². The second kappa shape index (κ2) is 4.75. The molecule has 1 aliphatic rings. The molecule has 0 bridgehead atoms. The van der Waals surface area contributed by atoms with E-state index in [-0.39, 0.29) is 6.04 Å². The minimum absolute atomic E-state index is 0.0243. The van der Waals surface area contributed by atoms with E-state index < -0.39 is 0 Å². The van der Waals surface area contributed by atoms with Gasteiger partial charge < -0.3 is 15.2 Å². The number of fused-ring (bicyclic) bond motifs is 1. The third-order valence-electron chi connectivity index (χ3n) is 3.47. The quantitative estimate of drug-likeness (QED) is 0.882. The van der Waals surface area contributed by atoms with E-state index in [0.29, 0.717) is 11.7 Å². The number of hydrogen-bond donors (Lipinski definition) is 1. The monoisotopic (exact) mass is 255 g/mol. The molecule has 2 N–H and O–H groups in total. The molecule has 0 saturated carbocycles. The van der Waals surface area contributed by atoms with Crippen LogP contribution in [0.2, 0.25) is 5.02 Å². The van der Waals surface area contributed by atoms with E-state index in [9.17, 15) is 0 Å². The van der Waals surface area contributed by atoms with Crippen LogP contribution in [-0.4, -0.2) is 14.2 Å². The highest BCUT2D eigenvalue weighted by atomic mass is 35.5. The van der Waals surface area contributed by atoms with Crippen molar-refractivity contribution in [3.63, 3.8) is 0 Å². The zero-order valence-corrected chi connectivity index (χ0v) is 11.2. The van der Waals surface area contributed by atoms with Gasteiger partial charge in [0, 0.05) is 22.7 Å². The van der Waals surface area contributed by atoms with Crippen molar-refractivity contribution in [1.29, 1.82) is 0 Å². The lowest BCUT2D eigenvalue weighted by molar-refractivity contribution is 0.344. The van der Waals surface area contributed by atoms with Crippen LogP contribution in [0.4, 0.5) is 0 Å². The minimum atomic E-state index is -0.0243. The summed E-state index contributed by atoms with van der Waals surface area (Å²) in [4.78, 5) is 0. The van der Waals surface area contributed by atoms with Gasteiger partial charge in [0.05, 0.1) is 14.2 Å². The maximum Gasteiger partial charge on any atom is 0.165 e. The third kappa shape index (κ3) is 1.98. The molecule has 1 aromatic carbocycles. The van der Waals surface area contributed by atoms with Crippen LogP contribution in [-0.2, 0) is 0 Å².